The van der Waals surface area contributed by atoms with E-state index in [0.717, 1.165) is 23.4 Å². The number of hydrogen-bond donors (Lipinski definition) is 1. The van der Waals surface area contributed by atoms with Gasteiger partial charge in [0, 0.05) is 36.1 Å². The number of nitrogens with zero attached hydrogens (tertiary/aromatic N) is 3. The van der Waals surface area contributed by atoms with E-state index >= 15 is 0 Å². The molecule has 1 aliphatic heterocycles. The van der Waals surface area contributed by atoms with E-state index in [-0.39, 0.29) is 11.8 Å². The lowest BCUT2D eigenvalue weighted by atomic mass is 10.1. The van der Waals surface area contributed by atoms with Crippen LogP contribution in [0.4, 0.5) is 11.4 Å². The van der Waals surface area contributed by atoms with Crippen molar-refractivity contribution in [2.75, 3.05) is 16.8 Å². The molecule has 7 heteroatoms. The van der Waals surface area contributed by atoms with Crippen molar-refractivity contribution in [1.82, 2.24) is 9.78 Å². The van der Waals surface area contributed by atoms with Crippen molar-refractivity contribution in [2.45, 2.75) is 13.3 Å². The molecule has 0 radical (unpaired) electrons. The van der Waals surface area contributed by atoms with Gasteiger partial charge < -0.3 is 10.2 Å². The number of fused-ring (bicyclic) bond motifs is 1. The minimum atomic E-state index is -0.294. The lowest BCUT2D eigenvalue weighted by Crippen LogP contribution is -2.25. The Kier molecular flexibility index (Phi) is 4.41. The summed E-state index contributed by atoms with van der Waals surface area (Å²) in [5, 5.41) is 7.79. The Morgan fingerprint density at radius 3 is 2.78 bits per heavy atom. The average Bonchev–Trinajstić information content (AvgIpc) is 3.29. The van der Waals surface area contributed by atoms with E-state index in [2.05, 4.69) is 10.4 Å². The van der Waals surface area contributed by atoms with E-state index in [1.807, 2.05) is 24.3 Å². The smallest absolute Gasteiger partial charge is 0.276 e. The molecule has 0 aliphatic carbocycles. The van der Waals surface area contributed by atoms with Crippen molar-refractivity contribution in [3.8, 4) is 5.69 Å². The Morgan fingerprint density at radius 1 is 1.15 bits per heavy atom. The fourth-order valence-electron chi connectivity index (χ4n) is 3.21. The van der Waals surface area contributed by atoms with Crippen molar-refractivity contribution in [3.05, 3.63) is 71.0 Å². The van der Waals surface area contributed by atoms with Crippen LogP contribution in [0.5, 0.6) is 0 Å². The molecule has 6 nitrogen and oxygen atoms in total. The molecular formula is C20H17ClN4O2. The van der Waals surface area contributed by atoms with Gasteiger partial charge in [0.25, 0.3) is 5.91 Å². The molecular weight excluding hydrogens is 364 g/mol. The third-order valence-electron chi connectivity index (χ3n) is 4.51. The lowest BCUT2D eigenvalue weighted by Gasteiger charge is -2.15. The van der Waals surface area contributed by atoms with Crippen LogP contribution in [0.3, 0.4) is 0 Å². The van der Waals surface area contributed by atoms with Gasteiger partial charge in [-0.1, -0.05) is 17.7 Å². The number of aromatic nitrogens is 2. The largest absolute Gasteiger partial charge is 0.321 e. The molecule has 0 spiro atoms. The predicted molar refractivity (Wildman–Crippen MR) is 105 cm³/mol. The molecule has 4 rings (SSSR count). The zero-order valence-electron chi connectivity index (χ0n) is 14.6. The molecule has 27 heavy (non-hydrogen) atoms. The van der Waals surface area contributed by atoms with Gasteiger partial charge in [-0.25, -0.2) is 4.68 Å². The van der Waals surface area contributed by atoms with Gasteiger partial charge in [0.2, 0.25) is 5.91 Å². The van der Waals surface area contributed by atoms with Crippen molar-refractivity contribution in [1.29, 1.82) is 0 Å². The first kappa shape index (κ1) is 17.3. The van der Waals surface area contributed by atoms with Crippen LogP contribution in [-0.2, 0) is 11.2 Å². The van der Waals surface area contributed by atoms with E-state index in [4.69, 9.17) is 11.6 Å². The summed E-state index contributed by atoms with van der Waals surface area (Å²) in [6, 6.07) is 14.5. The van der Waals surface area contributed by atoms with Gasteiger partial charge in [-0.2, -0.15) is 5.10 Å². The van der Waals surface area contributed by atoms with Crippen LogP contribution in [0.15, 0.2) is 54.7 Å². The zero-order chi connectivity index (χ0) is 19.0. The van der Waals surface area contributed by atoms with E-state index in [0.29, 0.717) is 22.9 Å². The van der Waals surface area contributed by atoms with Crippen LogP contribution in [0, 0.1) is 0 Å². The molecule has 2 amide bonds. The minimum absolute atomic E-state index is 0.0251. The van der Waals surface area contributed by atoms with Crippen LogP contribution in [0.2, 0.25) is 5.02 Å². The summed E-state index contributed by atoms with van der Waals surface area (Å²) in [5.41, 5.74) is 3.73. The van der Waals surface area contributed by atoms with Crippen LogP contribution < -0.4 is 10.2 Å². The highest BCUT2D eigenvalue weighted by Crippen LogP contribution is 2.30. The number of halogens is 1. The zero-order valence-corrected chi connectivity index (χ0v) is 15.4. The van der Waals surface area contributed by atoms with Crippen LogP contribution in [0.1, 0.15) is 23.0 Å². The highest BCUT2D eigenvalue weighted by Gasteiger charge is 2.22. The van der Waals surface area contributed by atoms with E-state index in [9.17, 15) is 9.59 Å². The Balaban J connectivity index is 1.51. The third-order valence-corrected chi connectivity index (χ3v) is 4.74. The molecule has 2 aromatic carbocycles. The number of hydrogen-bond acceptors (Lipinski definition) is 3. The molecule has 1 aliphatic rings. The van der Waals surface area contributed by atoms with E-state index in [1.54, 1.807) is 47.0 Å². The number of nitrogens with one attached hydrogen (secondary N) is 1. The van der Waals surface area contributed by atoms with Gasteiger partial charge in [0.05, 0.1) is 5.69 Å². The summed E-state index contributed by atoms with van der Waals surface area (Å²) in [7, 11) is 0. The molecule has 3 aromatic rings. The summed E-state index contributed by atoms with van der Waals surface area (Å²) in [4.78, 5) is 25.9. The quantitative estimate of drug-likeness (QED) is 0.753. The van der Waals surface area contributed by atoms with Crippen molar-refractivity contribution in [2.24, 2.45) is 0 Å². The first-order chi connectivity index (χ1) is 13.0. The van der Waals surface area contributed by atoms with Gasteiger partial charge in [0.15, 0.2) is 5.69 Å². The number of rotatable bonds is 3. The van der Waals surface area contributed by atoms with Crippen LogP contribution in [0.25, 0.3) is 5.69 Å². The second-order valence-corrected chi connectivity index (χ2v) is 6.78. The van der Waals surface area contributed by atoms with Crippen molar-refractivity contribution >= 4 is 34.8 Å². The topological polar surface area (TPSA) is 67.2 Å². The maximum atomic E-state index is 12.5. The Morgan fingerprint density at radius 2 is 2.00 bits per heavy atom. The standard InChI is InChI=1S/C20H17ClN4O2/c1-13(26)24-9-7-14-11-16(5-6-19(14)24)22-20(27)18-8-10-25(23-18)17-4-2-3-15(21)12-17/h2-6,8,10-12H,7,9H2,1H3,(H,22,27). The van der Waals surface area contributed by atoms with Crippen LogP contribution in [-0.4, -0.2) is 28.1 Å². The molecule has 2 heterocycles. The van der Waals surface area contributed by atoms with Gasteiger partial charge in [-0.15, -0.1) is 0 Å². The normalized spacial score (nSPS) is 12.7. The minimum Gasteiger partial charge on any atom is -0.321 e. The Labute approximate surface area is 161 Å². The first-order valence-electron chi connectivity index (χ1n) is 8.55. The van der Waals surface area contributed by atoms with Gasteiger partial charge in [-0.3, -0.25) is 9.59 Å². The summed E-state index contributed by atoms with van der Waals surface area (Å²) >= 11 is 6.00. The number of benzene rings is 2. The number of amides is 2. The highest BCUT2D eigenvalue weighted by molar-refractivity contribution is 6.30. The molecule has 1 N–H and O–H groups in total. The molecule has 0 unspecified atom stereocenters. The summed E-state index contributed by atoms with van der Waals surface area (Å²) < 4.78 is 1.61. The number of carbonyl (C=O) groups is 2. The van der Waals surface area contributed by atoms with E-state index < -0.39 is 0 Å². The first-order valence-corrected chi connectivity index (χ1v) is 8.93. The molecule has 136 valence electrons. The summed E-state index contributed by atoms with van der Waals surface area (Å²) in [5.74, 6) is -0.269. The third kappa shape index (κ3) is 3.44. The molecule has 0 fully saturated rings. The lowest BCUT2D eigenvalue weighted by molar-refractivity contribution is -0.116. The molecule has 0 atom stereocenters. The van der Waals surface area contributed by atoms with Gasteiger partial charge in [0.1, 0.15) is 0 Å². The van der Waals surface area contributed by atoms with Crippen molar-refractivity contribution < 1.29 is 9.59 Å². The Hall–Kier alpha value is -3.12. The second-order valence-electron chi connectivity index (χ2n) is 6.34. The van der Waals surface area contributed by atoms with Crippen molar-refractivity contribution in [3.63, 3.8) is 0 Å². The van der Waals surface area contributed by atoms with Gasteiger partial charge >= 0.3 is 0 Å². The fraction of sp³-hybridized carbons (Fsp3) is 0.150. The molecule has 0 saturated carbocycles. The number of anilines is 2. The predicted octanol–water partition coefficient (Wildman–Crippen LogP) is 3.69. The maximum absolute atomic E-state index is 12.5. The Bertz CT molecular complexity index is 1040. The second kappa shape index (κ2) is 6.89. The van der Waals surface area contributed by atoms with E-state index in [1.165, 1.54) is 0 Å². The van der Waals surface area contributed by atoms with Crippen LogP contribution >= 0.6 is 11.6 Å². The highest BCUT2D eigenvalue weighted by atomic mass is 35.5. The molecule has 0 saturated heterocycles. The SMILES string of the molecule is CC(=O)N1CCc2cc(NC(=O)c3ccn(-c4cccc(Cl)c4)n3)ccc21. The average molecular weight is 381 g/mol. The molecule has 0 bridgehead atoms. The van der Waals surface area contributed by atoms with Gasteiger partial charge in [-0.05, 0) is 54.4 Å². The molecule has 1 aromatic heterocycles. The monoisotopic (exact) mass is 380 g/mol. The summed E-state index contributed by atoms with van der Waals surface area (Å²) in [6.07, 6.45) is 2.50. The number of carbonyl (C=O) groups excluding carboxylic acids is 2. The maximum Gasteiger partial charge on any atom is 0.276 e. The fourth-order valence-corrected chi connectivity index (χ4v) is 3.39. The summed E-state index contributed by atoms with van der Waals surface area (Å²) in [6.45, 7) is 2.23.